The molecule has 1 aliphatic rings. The molecule has 0 spiro atoms. The number of hydrogen-bond donors (Lipinski definition) is 1. The molecule has 1 heterocycles. The van der Waals surface area contributed by atoms with Crippen LogP contribution in [0.1, 0.15) is 30.5 Å². The summed E-state index contributed by atoms with van der Waals surface area (Å²) >= 11 is 3.44. The van der Waals surface area contributed by atoms with Crippen LogP contribution in [0.5, 0.6) is 5.75 Å². The van der Waals surface area contributed by atoms with Gasteiger partial charge >= 0.3 is 6.03 Å². The van der Waals surface area contributed by atoms with Crippen molar-refractivity contribution < 1.29 is 19.1 Å². The Morgan fingerprint density at radius 2 is 1.79 bits per heavy atom. The molecule has 29 heavy (non-hydrogen) atoms. The molecular formula is C22H21BrN2O4. The molecule has 7 heteroatoms. The zero-order chi connectivity index (χ0) is 21.3. The maximum atomic E-state index is 13.1. The van der Waals surface area contributed by atoms with Gasteiger partial charge in [0.1, 0.15) is 11.3 Å². The maximum absolute atomic E-state index is 13.1. The highest BCUT2D eigenvalue weighted by Gasteiger charge is 2.37. The van der Waals surface area contributed by atoms with Gasteiger partial charge in [-0.2, -0.15) is 0 Å². The second kappa shape index (κ2) is 8.21. The number of nitrogens with one attached hydrogen (secondary N) is 1. The molecule has 0 aromatic heterocycles. The summed E-state index contributed by atoms with van der Waals surface area (Å²) in [6, 6.07) is 9.97. The van der Waals surface area contributed by atoms with Crippen molar-refractivity contribution in [2.45, 2.75) is 33.8 Å². The van der Waals surface area contributed by atoms with Crippen molar-refractivity contribution in [1.82, 2.24) is 5.32 Å². The van der Waals surface area contributed by atoms with Crippen molar-refractivity contribution in [3.63, 3.8) is 0 Å². The summed E-state index contributed by atoms with van der Waals surface area (Å²) in [5, 5.41) is 2.25. The zero-order valence-corrected chi connectivity index (χ0v) is 18.2. The normalized spacial score (nSPS) is 15.9. The number of hydrogen-bond acceptors (Lipinski definition) is 4. The minimum atomic E-state index is -0.757. The van der Waals surface area contributed by atoms with E-state index in [1.54, 1.807) is 31.2 Å². The molecule has 3 rings (SSSR count). The highest BCUT2D eigenvalue weighted by molar-refractivity contribution is 9.10. The number of rotatable bonds is 4. The molecule has 1 saturated heterocycles. The van der Waals surface area contributed by atoms with E-state index in [0.717, 1.165) is 16.0 Å². The van der Waals surface area contributed by atoms with Gasteiger partial charge in [0, 0.05) is 0 Å². The smallest absolute Gasteiger partial charge is 0.335 e. The molecule has 0 atom stereocenters. The molecule has 0 unspecified atom stereocenters. The van der Waals surface area contributed by atoms with Crippen LogP contribution in [-0.4, -0.2) is 23.9 Å². The van der Waals surface area contributed by atoms with E-state index < -0.39 is 17.8 Å². The highest BCUT2D eigenvalue weighted by Crippen LogP contribution is 2.29. The number of benzene rings is 2. The minimum Gasteiger partial charge on any atom is -0.490 e. The first-order valence-electron chi connectivity index (χ1n) is 9.12. The van der Waals surface area contributed by atoms with Crippen LogP contribution in [0, 0.1) is 13.8 Å². The first-order valence-corrected chi connectivity index (χ1v) is 9.91. The number of nitrogens with zero attached hydrogens (tertiary/aromatic N) is 1. The van der Waals surface area contributed by atoms with Crippen LogP contribution >= 0.6 is 15.9 Å². The van der Waals surface area contributed by atoms with Crippen LogP contribution in [-0.2, 0) is 9.59 Å². The third-order valence-corrected chi connectivity index (χ3v) is 4.96. The molecule has 1 fully saturated rings. The molecule has 0 radical (unpaired) electrons. The SMILES string of the molecule is Cc1ccc(C)c(N2C(=O)NC(=O)/C(=C\c3ccc(OC(C)C)c(Br)c3)C2=O)c1. The summed E-state index contributed by atoms with van der Waals surface area (Å²) in [6.45, 7) is 7.52. The number of halogens is 1. The summed E-state index contributed by atoms with van der Waals surface area (Å²) in [5.41, 5.74) is 2.62. The fourth-order valence-electron chi connectivity index (χ4n) is 2.96. The third-order valence-electron chi connectivity index (χ3n) is 4.34. The molecule has 150 valence electrons. The van der Waals surface area contributed by atoms with Crippen molar-refractivity contribution in [3.05, 3.63) is 63.1 Å². The Hall–Kier alpha value is -2.93. The number of carbonyl (C=O) groups excluding carboxylic acids is 3. The first kappa shape index (κ1) is 20.8. The van der Waals surface area contributed by atoms with Crippen LogP contribution < -0.4 is 15.0 Å². The van der Waals surface area contributed by atoms with Crippen molar-refractivity contribution in [2.24, 2.45) is 0 Å². The lowest BCUT2D eigenvalue weighted by molar-refractivity contribution is -0.122. The van der Waals surface area contributed by atoms with E-state index in [0.29, 0.717) is 21.5 Å². The van der Waals surface area contributed by atoms with Gasteiger partial charge in [0.25, 0.3) is 11.8 Å². The van der Waals surface area contributed by atoms with Crippen LogP contribution in [0.4, 0.5) is 10.5 Å². The van der Waals surface area contributed by atoms with Gasteiger partial charge in [0.05, 0.1) is 16.3 Å². The summed E-state index contributed by atoms with van der Waals surface area (Å²) in [6.07, 6.45) is 1.48. The number of urea groups is 1. The average molecular weight is 457 g/mol. The predicted molar refractivity (Wildman–Crippen MR) is 115 cm³/mol. The first-order chi connectivity index (χ1) is 13.7. The summed E-state index contributed by atoms with van der Waals surface area (Å²) in [7, 11) is 0. The van der Waals surface area contributed by atoms with Gasteiger partial charge in [-0.05, 0) is 84.6 Å². The van der Waals surface area contributed by atoms with E-state index in [4.69, 9.17) is 4.74 Å². The topological polar surface area (TPSA) is 75.7 Å². The monoisotopic (exact) mass is 456 g/mol. The molecule has 0 aliphatic carbocycles. The van der Waals surface area contributed by atoms with Crippen molar-refractivity contribution in [2.75, 3.05) is 4.90 Å². The molecule has 4 amide bonds. The lowest BCUT2D eigenvalue weighted by Gasteiger charge is -2.27. The Morgan fingerprint density at radius 1 is 1.07 bits per heavy atom. The molecule has 1 aliphatic heterocycles. The lowest BCUT2D eigenvalue weighted by Crippen LogP contribution is -2.54. The van der Waals surface area contributed by atoms with Gasteiger partial charge in [-0.15, -0.1) is 0 Å². The van der Waals surface area contributed by atoms with Gasteiger partial charge in [0.15, 0.2) is 0 Å². The number of barbiturate groups is 1. The number of imide groups is 2. The van der Waals surface area contributed by atoms with Crippen molar-refractivity contribution in [1.29, 1.82) is 0 Å². The van der Waals surface area contributed by atoms with E-state index in [2.05, 4.69) is 21.2 Å². The van der Waals surface area contributed by atoms with E-state index in [-0.39, 0.29) is 11.7 Å². The fraction of sp³-hybridized carbons (Fsp3) is 0.227. The summed E-state index contributed by atoms with van der Waals surface area (Å²) < 4.78 is 6.38. The molecule has 0 saturated carbocycles. The Labute approximate surface area is 177 Å². The number of carbonyl (C=O) groups is 3. The van der Waals surface area contributed by atoms with Gasteiger partial charge in [-0.1, -0.05) is 18.2 Å². The quantitative estimate of drug-likeness (QED) is 0.541. The molecule has 6 nitrogen and oxygen atoms in total. The largest absolute Gasteiger partial charge is 0.490 e. The predicted octanol–water partition coefficient (Wildman–Crippen LogP) is 4.52. The van der Waals surface area contributed by atoms with E-state index in [9.17, 15) is 14.4 Å². The van der Waals surface area contributed by atoms with Crippen LogP contribution in [0.3, 0.4) is 0 Å². The van der Waals surface area contributed by atoms with Crippen LogP contribution in [0.15, 0.2) is 46.4 Å². The second-order valence-corrected chi connectivity index (χ2v) is 7.96. The Morgan fingerprint density at radius 3 is 2.45 bits per heavy atom. The Balaban J connectivity index is 1.99. The van der Waals surface area contributed by atoms with Crippen LogP contribution in [0.2, 0.25) is 0 Å². The molecule has 0 bridgehead atoms. The summed E-state index contributed by atoms with van der Waals surface area (Å²) in [5.74, 6) is -0.722. The second-order valence-electron chi connectivity index (χ2n) is 7.10. The lowest BCUT2D eigenvalue weighted by atomic mass is 10.0. The number of amides is 4. The number of ether oxygens (including phenoxy) is 1. The number of aryl methyl sites for hydroxylation is 2. The van der Waals surface area contributed by atoms with Gasteiger partial charge in [-0.25, -0.2) is 9.69 Å². The molecular weight excluding hydrogens is 436 g/mol. The average Bonchev–Trinajstić information content (AvgIpc) is 2.63. The Bertz CT molecular complexity index is 1040. The van der Waals surface area contributed by atoms with E-state index >= 15 is 0 Å². The number of anilines is 1. The van der Waals surface area contributed by atoms with Crippen molar-refractivity contribution >= 4 is 45.5 Å². The fourth-order valence-corrected chi connectivity index (χ4v) is 3.45. The van der Waals surface area contributed by atoms with Gasteiger partial charge < -0.3 is 4.74 Å². The maximum Gasteiger partial charge on any atom is 0.335 e. The third kappa shape index (κ3) is 4.40. The molecule has 2 aromatic carbocycles. The Kier molecular flexibility index (Phi) is 5.88. The van der Waals surface area contributed by atoms with Crippen LogP contribution in [0.25, 0.3) is 6.08 Å². The van der Waals surface area contributed by atoms with Crippen molar-refractivity contribution in [3.8, 4) is 5.75 Å². The standard InChI is InChI=1S/C22H21BrN2O4/c1-12(2)29-19-8-7-15(11-17(19)23)10-16-20(26)24-22(28)25(21(16)27)18-9-13(3)5-6-14(18)4/h5-12H,1-4H3,(H,24,26,28)/b16-10+. The van der Waals surface area contributed by atoms with E-state index in [1.165, 1.54) is 6.08 Å². The van der Waals surface area contributed by atoms with Gasteiger partial charge in [-0.3, -0.25) is 14.9 Å². The summed E-state index contributed by atoms with van der Waals surface area (Å²) in [4.78, 5) is 38.8. The molecule has 2 aromatic rings. The van der Waals surface area contributed by atoms with Gasteiger partial charge in [0.2, 0.25) is 0 Å². The molecule has 1 N–H and O–H groups in total. The van der Waals surface area contributed by atoms with E-state index in [1.807, 2.05) is 32.9 Å². The highest BCUT2D eigenvalue weighted by atomic mass is 79.9. The minimum absolute atomic E-state index is 0.0124. The zero-order valence-electron chi connectivity index (χ0n) is 16.6.